The number of pyridine rings is 1. The van der Waals surface area contributed by atoms with E-state index >= 15 is 0 Å². The smallest absolute Gasteiger partial charge is 0.340 e. The zero-order valence-corrected chi connectivity index (χ0v) is 23.9. The Hall–Kier alpha value is -4.71. The zero-order valence-electron chi connectivity index (χ0n) is 23.2. The fraction of sp³-hybridized carbons (Fsp3) is 0.267. The van der Waals surface area contributed by atoms with Crippen LogP contribution in [0.2, 0.25) is 5.02 Å². The molecule has 0 fully saturated rings. The second kappa shape index (κ2) is 11.5. The molecule has 0 aliphatic carbocycles. The molecule has 13 heteroatoms. The minimum absolute atomic E-state index is 0.0535. The van der Waals surface area contributed by atoms with Gasteiger partial charge in [0.05, 0.1) is 35.2 Å². The highest BCUT2D eigenvalue weighted by Crippen LogP contribution is 2.37. The van der Waals surface area contributed by atoms with Crippen LogP contribution in [0.15, 0.2) is 70.3 Å². The maximum Gasteiger partial charge on any atom is 0.340 e. The van der Waals surface area contributed by atoms with Crippen molar-refractivity contribution in [2.45, 2.75) is 45.6 Å². The number of fused-ring (bicyclic) bond motifs is 4. The van der Waals surface area contributed by atoms with Gasteiger partial charge in [-0.1, -0.05) is 30.2 Å². The van der Waals surface area contributed by atoms with Crippen molar-refractivity contribution in [1.82, 2.24) is 29.8 Å². The highest BCUT2D eigenvalue weighted by atomic mass is 35.5. The molecule has 1 N–H and O–H groups in total. The van der Waals surface area contributed by atoms with Crippen LogP contribution in [0.25, 0.3) is 28.3 Å². The maximum absolute atomic E-state index is 13.9. The number of nitrogens with one attached hydrogen (secondary N) is 1. The summed E-state index contributed by atoms with van der Waals surface area (Å²) in [6.07, 6.45) is 6.03. The highest BCUT2D eigenvalue weighted by molar-refractivity contribution is 6.31. The van der Waals surface area contributed by atoms with Crippen molar-refractivity contribution in [3.8, 4) is 28.3 Å². The minimum atomic E-state index is -2.93. The summed E-state index contributed by atoms with van der Waals surface area (Å²) in [6, 6.07) is 11.8. The number of carbonyl (C=O) groups is 1. The Balaban J connectivity index is 1.45. The normalized spacial score (nSPS) is 17.2. The molecule has 1 aliphatic rings. The van der Waals surface area contributed by atoms with E-state index in [1.807, 2.05) is 6.92 Å². The van der Waals surface area contributed by atoms with Crippen LogP contribution in [-0.2, 0) is 4.79 Å². The summed E-state index contributed by atoms with van der Waals surface area (Å²) in [6.45, 7) is 0.651. The van der Waals surface area contributed by atoms with Crippen molar-refractivity contribution >= 4 is 23.2 Å². The van der Waals surface area contributed by atoms with Crippen LogP contribution >= 0.6 is 11.6 Å². The number of amides is 1. The maximum atomic E-state index is 13.9. The van der Waals surface area contributed by atoms with Crippen LogP contribution in [0, 0.1) is 12.8 Å². The van der Waals surface area contributed by atoms with Gasteiger partial charge in [0.1, 0.15) is 5.76 Å². The van der Waals surface area contributed by atoms with Gasteiger partial charge in [0.15, 0.2) is 0 Å². The van der Waals surface area contributed by atoms with Crippen molar-refractivity contribution in [2.75, 3.05) is 5.32 Å². The SMILES string of the molecule is Cc1cn(-c2ccc(Cl)cc2-c2ccc(C3CCC[C@@H](C)C(=O)Nc4cnn(C(F)F)c4-c4ccnc3c4)c(=O)o2)nn1. The number of nitrogens with zero attached hydrogens (tertiary/aromatic N) is 6. The van der Waals surface area contributed by atoms with Gasteiger partial charge in [0, 0.05) is 45.4 Å². The van der Waals surface area contributed by atoms with Gasteiger partial charge in [-0.2, -0.15) is 13.9 Å². The lowest BCUT2D eigenvalue weighted by atomic mass is 9.88. The van der Waals surface area contributed by atoms with Gasteiger partial charge < -0.3 is 9.73 Å². The van der Waals surface area contributed by atoms with Crippen LogP contribution in [-0.4, -0.2) is 35.7 Å². The van der Waals surface area contributed by atoms with Gasteiger partial charge in [-0.05, 0) is 62.2 Å². The molecule has 5 heterocycles. The van der Waals surface area contributed by atoms with Crippen LogP contribution in [0.5, 0.6) is 0 Å². The summed E-state index contributed by atoms with van der Waals surface area (Å²) in [5.74, 6) is -0.951. The Morgan fingerprint density at radius 1 is 1.12 bits per heavy atom. The molecule has 0 saturated heterocycles. The number of benzene rings is 1. The molecule has 5 aromatic rings. The molecule has 10 nitrogen and oxygen atoms in total. The Bertz CT molecular complexity index is 1880. The molecule has 1 amide bonds. The van der Waals surface area contributed by atoms with E-state index in [4.69, 9.17) is 16.0 Å². The third kappa shape index (κ3) is 5.57. The van der Waals surface area contributed by atoms with Crippen molar-refractivity contribution < 1.29 is 18.0 Å². The monoisotopic (exact) mass is 605 g/mol. The third-order valence-corrected chi connectivity index (χ3v) is 7.77. The fourth-order valence-electron chi connectivity index (χ4n) is 5.35. The van der Waals surface area contributed by atoms with Crippen molar-refractivity contribution in [3.63, 3.8) is 0 Å². The van der Waals surface area contributed by atoms with Gasteiger partial charge in [0.2, 0.25) is 5.91 Å². The van der Waals surface area contributed by atoms with E-state index in [-0.39, 0.29) is 23.0 Å². The van der Waals surface area contributed by atoms with Crippen molar-refractivity contribution in [2.24, 2.45) is 5.92 Å². The van der Waals surface area contributed by atoms with E-state index in [9.17, 15) is 18.4 Å². The Morgan fingerprint density at radius 3 is 2.70 bits per heavy atom. The number of aromatic nitrogens is 6. The average molecular weight is 606 g/mol. The number of hydrogen-bond donors (Lipinski definition) is 1. The predicted molar refractivity (Wildman–Crippen MR) is 155 cm³/mol. The molecule has 2 atom stereocenters. The molecule has 1 aliphatic heterocycles. The molecule has 1 unspecified atom stereocenters. The van der Waals surface area contributed by atoms with Gasteiger partial charge in [0.25, 0.3) is 0 Å². The molecule has 1 aromatic carbocycles. The standard InChI is InChI=1S/C30H26ClF2N7O3/c1-16-4-3-5-20(23-12-18(10-11-34-23)27-24(36-28(16)41)14-35-40(27)30(32)33)21-7-9-26(43-29(21)42)22-13-19(31)6-8-25(22)39-15-17(2)37-38-39/h6-16,20,30H,3-5H2,1-2H3,(H,36,41)/t16-,20?/m1/s1. The molecule has 4 aromatic heterocycles. The number of aryl methyl sites for hydroxylation is 1. The molecule has 2 bridgehead atoms. The lowest BCUT2D eigenvalue weighted by Gasteiger charge is -2.20. The summed E-state index contributed by atoms with van der Waals surface area (Å²) in [4.78, 5) is 31.0. The number of rotatable bonds is 4. The molecular weight excluding hydrogens is 580 g/mol. The second-order valence-electron chi connectivity index (χ2n) is 10.5. The lowest BCUT2D eigenvalue weighted by Crippen LogP contribution is -2.22. The van der Waals surface area contributed by atoms with E-state index in [0.717, 1.165) is 0 Å². The van der Waals surface area contributed by atoms with Crippen LogP contribution < -0.4 is 10.9 Å². The number of anilines is 1. The number of hydrogen-bond acceptors (Lipinski definition) is 7. The van der Waals surface area contributed by atoms with Crippen LogP contribution in [0.1, 0.15) is 55.6 Å². The van der Waals surface area contributed by atoms with E-state index < -0.39 is 24.0 Å². The summed E-state index contributed by atoms with van der Waals surface area (Å²) in [5.41, 5.74) is 2.78. The van der Waals surface area contributed by atoms with Gasteiger partial charge >= 0.3 is 12.2 Å². The molecule has 43 heavy (non-hydrogen) atoms. The zero-order chi connectivity index (χ0) is 30.2. The number of alkyl halides is 2. The van der Waals surface area contributed by atoms with E-state index in [0.29, 0.717) is 62.7 Å². The summed E-state index contributed by atoms with van der Waals surface area (Å²) < 4.78 is 35.8. The first-order chi connectivity index (χ1) is 20.7. The first-order valence-electron chi connectivity index (χ1n) is 13.7. The minimum Gasteiger partial charge on any atom is -0.422 e. The first kappa shape index (κ1) is 28.4. The summed E-state index contributed by atoms with van der Waals surface area (Å²) >= 11 is 6.30. The lowest BCUT2D eigenvalue weighted by molar-refractivity contribution is -0.119. The summed E-state index contributed by atoms with van der Waals surface area (Å²) in [7, 11) is 0. The summed E-state index contributed by atoms with van der Waals surface area (Å²) in [5, 5.41) is 15.2. The molecule has 6 rings (SSSR count). The fourth-order valence-corrected chi connectivity index (χ4v) is 5.53. The Morgan fingerprint density at radius 2 is 1.95 bits per heavy atom. The Kier molecular flexibility index (Phi) is 7.61. The molecular formula is C30H26ClF2N7O3. The molecule has 0 saturated carbocycles. The largest absolute Gasteiger partial charge is 0.422 e. The van der Waals surface area contributed by atoms with E-state index in [1.54, 1.807) is 60.3 Å². The highest BCUT2D eigenvalue weighted by Gasteiger charge is 2.27. The second-order valence-corrected chi connectivity index (χ2v) is 10.9. The number of halogens is 3. The van der Waals surface area contributed by atoms with E-state index in [1.165, 1.54) is 12.4 Å². The van der Waals surface area contributed by atoms with Gasteiger partial charge in [-0.15, -0.1) is 5.10 Å². The van der Waals surface area contributed by atoms with Crippen molar-refractivity contribution in [1.29, 1.82) is 0 Å². The van der Waals surface area contributed by atoms with Gasteiger partial charge in [-0.3, -0.25) is 9.78 Å². The van der Waals surface area contributed by atoms with Crippen LogP contribution in [0.4, 0.5) is 14.5 Å². The van der Waals surface area contributed by atoms with E-state index in [2.05, 4.69) is 25.7 Å². The third-order valence-electron chi connectivity index (χ3n) is 7.53. The van der Waals surface area contributed by atoms with Crippen LogP contribution in [0.3, 0.4) is 0 Å². The quantitative estimate of drug-likeness (QED) is 0.252. The van der Waals surface area contributed by atoms with Crippen molar-refractivity contribution in [3.05, 3.63) is 93.4 Å². The predicted octanol–water partition coefficient (Wildman–Crippen LogP) is 6.39. The first-order valence-corrected chi connectivity index (χ1v) is 14.0. The topological polar surface area (TPSA) is 121 Å². The average Bonchev–Trinajstić information content (AvgIpc) is 3.61. The Labute approximate surface area is 249 Å². The number of carbonyl (C=O) groups excluding carboxylic acids is 1. The molecule has 0 spiro atoms. The van der Waals surface area contributed by atoms with Gasteiger partial charge in [-0.25, -0.2) is 14.2 Å². The molecule has 220 valence electrons. The molecule has 0 radical (unpaired) electrons.